The average molecular weight is 422 g/mol. The Bertz CT molecular complexity index is 1010. The molecule has 30 heavy (non-hydrogen) atoms. The van der Waals surface area contributed by atoms with Gasteiger partial charge in [0.15, 0.2) is 5.69 Å². The van der Waals surface area contributed by atoms with E-state index in [0.717, 1.165) is 6.42 Å². The standard InChI is InChI=1S/C20H24F2N4O4/c1-3-5-12-26-17(23)16(18(28)24-20(26)29)25(4-2)15(27)11-8-13-6-9-14(10-7-13)30-19(21)22/h6-11,19H,3-5,12,23H2,1-2H3,(H,24,28,29)/b11-8+. The third-order valence-corrected chi connectivity index (χ3v) is 4.33. The number of benzene rings is 1. The summed E-state index contributed by atoms with van der Waals surface area (Å²) in [5.74, 6) is -0.602. The molecule has 162 valence electrons. The highest BCUT2D eigenvalue weighted by atomic mass is 19.3. The zero-order chi connectivity index (χ0) is 22.3. The first-order chi connectivity index (χ1) is 14.3. The van der Waals surface area contributed by atoms with Crippen LogP contribution in [0.25, 0.3) is 6.08 Å². The van der Waals surface area contributed by atoms with Crippen molar-refractivity contribution in [2.45, 2.75) is 39.8 Å². The molecule has 0 bridgehead atoms. The van der Waals surface area contributed by atoms with Crippen LogP contribution in [0.1, 0.15) is 32.3 Å². The fourth-order valence-corrected chi connectivity index (χ4v) is 2.82. The molecule has 1 aromatic carbocycles. The number of unbranched alkanes of at least 4 members (excludes halogenated alkanes) is 1. The number of anilines is 2. The van der Waals surface area contributed by atoms with E-state index in [2.05, 4.69) is 9.72 Å². The number of hydrogen-bond acceptors (Lipinski definition) is 5. The molecule has 0 aliphatic rings. The normalized spacial score (nSPS) is 11.2. The van der Waals surface area contributed by atoms with Gasteiger partial charge in [0.25, 0.3) is 11.5 Å². The second-order valence-electron chi connectivity index (χ2n) is 6.36. The molecular formula is C20H24F2N4O4. The smallest absolute Gasteiger partial charge is 0.387 e. The molecule has 10 heteroatoms. The van der Waals surface area contributed by atoms with Gasteiger partial charge < -0.3 is 15.4 Å². The number of ether oxygens (including phenoxy) is 1. The number of nitrogens with one attached hydrogen (secondary N) is 1. The molecule has 0 aliphatic carbocycles. The van der Waals surface area contributed by atoms with Crippen LogP contribution in [0.2, 0.25) is 0 Å². The minimum atomic E-state index is -2.92. The summed E-state index contributed by atoms with van der Waals surface area (Å²) >= 11 is 0. The molecule has 0 radical (unpaired) electrons. The van der Waals surface area contributed by atoms with Crippen LogP contribution in [-0.4, -0.2) is 28.6 Å². The maximum Gasteiger partial charge on any atom is 0.387 e. The molecule has 8 nitrogen and oxygen atoms in total. The van der Waals surface area contributed by atoms with Gasteiger partial charge in [-0.15, -0.1) is 0 Å². The molecule has 1 heterocycles. The van der Waals surface area contributed by atoms with Gasteiger partial charge in [-0.1, -0.05) is 25.5 Å². The third-order valence-electron chi connectivity index (χ3n) is 4.33. The van der Waals surface area contributed by atoms with E-state index in [0.29, 0.717) is 18.5 Å². The topological polar surface area (TPSA) is 110 Å². The number of nitrogens with two attached hydrogens (primary N) is 1. The number of nitrogens with zero attached hydrogens (tertiary/aromatic N) is 2. The summed E-state index contributed by atoms with van der Waals surface area (Å²) in [6.07, 6.45) is 4.20. The highest BCUT2D eigenvalue weighted by molar-refractivity contribution is 6.05. The predicted octanol–water partition coefficient (Wildman–Crippen LogP) is 2.59. The molecule has 1 aromatic heterocycles. The summed E-state index contributed by atoms with van der Waals surface area (Å²) in [4.78, 5) is 40.5. The van der Waals surface area contributed by atoms with Crippen LogP contribution >= 0.6 is 0 Å². The first-order valence-electron chi connectivity index (χ1n) is 9.45. The lowest BCUT2D eigenvalue weighted by molar-refractivity contribution is -0.114. The summed E-state index contributed by atoms with van der Waals surface area (Å²) < 4.78 is 29.9. The molecule has 2 aromatic rings. The highest BCUT2D eigenvalue weighted by Crippen LogP contribution is 2.19. The van der Waals surface area contributed by atoms with Crippen LogP contribution in [-0.2, 0) is 11.3 Å². The van der Waals surface area contributed by atoms with E-state index in [-0.39, 0.29) is 23.8 Å². The van der Waals surface area contributed by atoms with Crippen LogP contribution in [0.5, 0.6) is 5.75 Å². The van der Waals surface area contributed by atoms with Crippen LogP contribution in [0.3, 0.4) is 0 Å². The van der Waals surface area contributed by atoms with Crippen molar-refractivity contribution in [1.82, 2.24) is 9.55 Å². The van der Waals surface area contributed by atoms with Crippen molar-refractivity contribution in [3.8, 4) is 5.75 Å². The average Bonchev–Trinajstić information content (AvgIpc) is 2.69. The molecule has 0 aliphatic heterocycles. The number of carbonyl (C=O) groups excluding carboxylic acids is 1. The molecule has 2 rings (SSSR count). The molecule has 0 saturated carbocycles. The largest absolute Gasteiger partial charge is 0.435 e. The Morgan fingerprint density at radius 3 is 2.50 bits per heavy atom. The fourth-order valence-electron chi connectivity index (χ4n) is 2.82. The number of likely N-dealkylation sites (N-methyl/N-ethyl adjacent to an activating group) is 1. The molecule has 0 spiro atoms. The van der Waals surface area contributed by atoms with Crippen molar-refractivity contribution in [2.24, 2.45) is 0 Å². The van der Waals surface area contributed by atoms with E-state index < -0.39 is 23.8 Å². The van der Waals surface area contributed by atoms with E-state index >= 15 is 0 Å². The van der Waals surface area contributed by atoms with Gasteiger partial charge in [0.2, 0.25) is 0 Å². The lowest BCUT2D eigenvalue weighted by Gasteiger charge is -2.21. The number of amides is 1. The van der Waals surface area contributed by atoms with E-state index in [1.54, 1.807) is 6.92 Å². The van der Waals surface area contributed by atoms with Gasteiger partial charge in [-0.25, -0.2) is 4.79 Å². The Morgan fingerprint density at radius 1 is 1.27 bits per heavy atom. The second kappa shape index (κ2) is 10.4. The summed E-state index contributed by atoms with van der Waals surface area (Å²) in [5.41, 5.74) is 5.15. The molecule has 3 N–H and O–H groups in total. The predicted molar refractivity (Wildman–Crippen MR) is 111 cm³/mol. The molecule has 1 amide bonds. The minimum Gasteiger partial charge on any atom is -0.435 e. The minimum absolute atomic E-state index is 0.00250. The first-order valence-corrected chi connectivity index (χ1v) is 9.45. The van der Waals surface area contributed by atoms with Crippen molar-refractivity contribution < 1.29 is 18.3 Å². The molecular weight excluding hydrogens is 398 g/mol. The molecule has 0 atom stereocenters. The monoisotopic (exact) mass is 422 g/mol. The fraction of sp³-hybridized carbons (Fsp3) is 0.350. The number of carbonyl (C=O) groups is 1. The Balaban J connectivity index is 2.29. The SMILES string of the molecule is CCCCn1c(N)c(N(CC)C(=O)/C=C/c2ccc(OC(F)F)cc2)c(=O)[nH]c1=O. The van der Waals surface area contributed by atoms with E-state index in [1.807, 2.05) is 6.92 Å². The number of aromatic nitrogens is 2. The molecule has 0 saturated heterocycles. The Hall–Kier alpha value is -3.43. The second-order valence-corrected chi connectivity index (χ2v) is 6.36. The zero-order valence-corrected chi connectivity index (χ0v) is 16.7. The van der Waals surface area contributed by atoms with E-state index in [1.165, 1.54) is 45.9 Å². The first kappa shape index (κ1) is 22.9. The number of rotatable bonds is 9. The van der Waals surface area contributed by atoms with Crippen LogP contribution in [0.4, 0.5) is 20.3 Å². The highest BCUT2D eigenvalue weighted by Gasteiger charge is 2.21. The van der Waals surface area contributed by atoms with E-state index in [4.69, 9.17) is 5.73 Å². The summed E-state index contributed by atoms with van der Waals surface area (Å²) in [6, 6.07) is 5.70. The van der Waals surface area contributed by atoms with Gasteiger partial charge >= 0.3 is 12.3 Å². The third kappa shape index (κ3) is 5.56. The van der Waals surface area contributed by atoms with Gasteiger partial charge in [-0.05, 0) is 37.1 Å². The lowest BCUT2D eigenvalue weighted by Crippen LogP contribution is -2.40. The summed E-state index contributed by atoms with van der Waals surface area (Å²) in [5, 5.41) is 0. The Labute approximate surface area is 171 Å². The summed E-state index contributed by atoms with van der Waals surface area (Å²) in [6.45, 7) is 1.16. The van der Waals surface area contributed by atoms with Gasteiger partial charge in [-0.3, -0.25) is 19.1 Å². The number of nitrogen functional groups attached to an aromatic ring is 1. The molecule has 0 unspecified atom stereocenters. The van der Waals surface area contributed by atoms with Crippen molar-refractivity contribution in [3.05, 3.63) is 56.7 Å². The number of hydrogen-bond donors (Lipinski definition) is 2. The lowest BCUT2D eigenvalue weighted by atomic mass is 10.2. The van der Waals surface area contributed by atoms with Crippen molar-refractivity contribution in [2.75, 3.05) is 17.2 Å². The summed E-state index contributed by atoms with van der Waals surface area (Å²) in [7, 11) is 0. The van der Waals surface area contributed by atoms with Crippen molar-refractivity contribution >= 4 is 23.5 Å². The molecule has 0 fully saturated rings. The van der Waals surface area contributed by atoms with Crippen LogP contribution in [0, 0.1) is 0 Å². The van der Waals surface area contributed by atoms with Gasteiger partial charge in [-0.2, -0.15) is 8.78 Å². The Kier molecular flexibility index (Phi) is 7.90. The number of H-pyrrole nitrogens is 1. The van der Waals surface area contributed by atoms with Crippen molar-refractivity contribution in [1.29, 1.82) is 0 Å². The van der Waals surface area contributed by atoms with Gasteiger partial charge in [0, 0.05) is 19.2 Å². The quantitative estimate of drug-likeness (QED) is 0.604. The van der Waals surface area contributed by atoms with Crippen LogP contribution in [0.15, 0.2) is 39.9 Å². The Morgan fingerprint density at radius 2 is 1.93 bits per heavy atom. The van der Waals surface area contributed by atoms with Crippen LogP contribution < -0.4 is 26.6 Å². The maximum absolute atomic E-state index is 12.7. The number of alkyl halides is 2. The van der Waals surface area contributed by atoms with Gasteiger partial charge in [0.1, 0.15) is 11.6 Å². The maximum atomic E-state index is 12.7. The number of aromatic amines is 1. The van der Waals surface area contributed by atoms with Crippen molar-refractivity contribution in [3.63, 3.8) is 0 Å². The van der Waals surface area contributed by atoms with E-state index in [9.17, 15) is 23.2 Å². The zero-order valence-electron chi connectivity index (χ0n) is 16.7. The van der Waals surface area contributed by atoms with Gasteiger partial charge in [0.05, 0.1) is 0 Å². The number of halogens is 2.